The van der Waals surface area contributed by atoms with Crippen LogP contribution in [-0.2, 0) is 14.8 Å². The lowest BCUT2D eigenvalue weighted by Gasteiger charge is -2.26. The molecule has 1 aliphatic carbocycles. The summed E-state index contributed by atoms with van der Waals surface area (Å²) >= 11 is 1.64. The Bertz CT molecular complexity index is 997. The van der Waals surface area contributed by atoms with E-state index < -0.39 is 10.0 Å². The molecule has 2 amide bonds. The van der Waals surface area contributed by atoms with Crippen LogP contribution in [0.4, 0.5) is 0 Å². The third-order valence-electron chi connectivity index (χ3n) is 5.77. The van der Waals surface area contributed by atoms with Gasteiger partial charge in [-0.05, 0) is 54.5 Å². The first-order valence-electron chi connectivity index (χ1n) is 10.2. The van der Waals surface area contributed by atoms with Crippen LogP contribution in [0, 0.1) is 5.92 Å². The molecule has 2 fully saturated rings. The Morgan fingerprint density at radius 2 is 1.90 bits per heavy atom. The van der Waals surface area contributed by atoms with E-state index in [-0.39, 0.29) is 35.8 Å². The van der Waals surface area contributed by atoms with Crippen molar-refractivity contribution in [3.8, 4) is 0 Å². The number of hydrogen-bond donors (Lipinski definition) is 2. The molecular weight excluding hydrogens is 422 g/mol. The summed E-state index contributed by atoms with van der Waals surface area (Å²) in [5, 5.41) is 7.80. The number of carbonyl (C=O) groups excluding carboxylic acids is 2. The second-order valence-corrected chi connectivity index (χ2v) is 10.6. The van der Waals surface area contributed by atoms with Crippen LogP contribution in [0.15, 0.2) is 46.7 Å². The van der Waals surface area contributed by atoms with Crippen molar-refractivity contribution in [1.82, 2.24) is 14.9 Å². The molecule has 2 N–H and O–H groups in total. The zero-order chi connectivity index (χ0) is 21.1. The highest BCUT2D eigenvalue weighted by Gasteiger charge is 2.30. The SMILES string of the molecule is O=C1CN(S(=O)(=O)c2ccc(C(=O)N[C@@H](c3cccs3)C3CCCC3)cc2)CCN1. The van der Waals surface area contributed by atoms with E-state index in [1.165, 1.54) is 37.1 Å². The molecule has 0 spiro atoms. The van der Waals surface area contributed by atoms with Gasteiger partial charge in [0.25, 0.3) is 5.91 Å². The molecule has 0 radical (unpaired) electrons. The van der Waals surface area contributed by atoms with Crippen LogP contribution in [0.25, 0.3) is 0 Å². The van der Waals surface area contributed by atoms with Crippen LogP contribution >= 0.6 is 11.3 Å². The summed E-state index contributed by atoms with van der Waals surface area (Å²) in [6.07, 6.45) is 4.57. The Morgan fingerprint density at radius 3 is 2.53 bits per heavy atom. The molecule has 1 aromatic carbocycles. The molecule has 7 nitrogen and oxygen atoms in total. The number of amides is 2. The zero-order valence-corrected chi connectivity index (χ0v) is 18.2. The first kappa shape index (κ1) is 21.0. The molecule has 2 aliphatic rings. The van der Waals surface area contributed by atoms with Gasteiger partial charge < -0.3 is 10.6 Å². The van der Waals surface area contributed by atoms with Crippen molar-refractivity contribution in [1.29, 1.82) is 0 Å². The number of hydrogen-bond acceptors (Lipinski definition) is 5. The van der Waals surface area contributed by atoms with E-state index >= 15 is 0 Å². The van der Waals surface area contributed by atoms with Gasteiger partial charge in [-0.2, -0.15) is 4.31 Å². The van der Waals surface area contributed by atoms with Gasteiger partial charge in [0.15, 0.2) is 0 Å². The molecule has 1 aliphatic heterocycles. The van der Waals surface area contributed by atoms with Crippen LogP contribution in [0.2, 0.25) is 0 Å². The summed E-state index contributed by atoms with van der Waals surface area (Å²) in [4.78, 5) is 25.7. The second kappa shape index (κ2) is 8.87. The summed E-state index contributed by atoms with van der Waals surface area (Å²) in [7, 11) is -3.77. The summed E-state index contributed by atoms with van der Waals surface area (Å²) < 4.78 is 26.7. The smallest absolute Gasteiger partial charge is 0.251 e. The summed E-state index contributed by atoms with van der Waals surface area (Å²) in [6.45, 7) is 0.346. The van der Waals surface area contributed by atoms with Gasteiger partial charge in [0.2, 0.25) is 15.9 Å². The Hall–Kier alpha value is -2.23. The molecule has 9 heteroatoms. The average Bonchev–Trinajstić information content (AvgIpc) is 3.46. The minimum Gasteiger partial charge on any atom is -0.354 e. The van der Waals surface area contributed by atoms with E-state index in [4.69, 9.17) is 0 Å². The van der Waals surface area contributed by atoms with Gasteiger partial charge in [-0.3, -0.25) is 9.59 Å². The van der Waals surface area contributed by atoms with E-state index in [9.17, 15) is 18.0 Å². The molecule has 1 saturated heterocycles. The average molecular weight is 448 g/mol. The van der Waals surface area contributed by atoms with Gasteiger partial charge in [0.1, 0.15) is 0 Å². The number of sulfonamides is 1. The normalized spacial score (nSPS) is 19.4. The number of carbonyl (C=O) groups is 2. The molecule has 2 heterocycles. The van der Waals surface area contributed by atoms with Gasteiger partial charge in [-0.15, -0.1) is 11.3 Å². The highest BCUT2D eigenvalue weighted by molar-refractivity contribution is 7.89. The molecule has 0 unspecified atom stereocenters. The monoisotopic (exact) mass is 447 g/mol. The third kappa shape index (κ3) is 4.43. The number of nitrogens with zero attached hydrogens (tertiary/aromatic N) is 1. The predicted octanol–water partition coefficient (Wildman–Crippen LogP) is 2.53. The third-order valence-corrected chi connectivity index (χ3v) is 8.58. The summed E-state index contributed by atoms with van der Waals surface area (Å²) in [6, 6.07) is 9.97. The van der Waals surface area contributed by atoms with Gasteiger partial charge in [-0.25, -0.2) is 8.42 Å². The van der Waals surface area contributed by atoms with Crippen molar-refractivity contribution in [2.24, 2.45) is 5.92 Å². The van der Waals surface area contributed by atoms with E-state index in [2.05, 4.69) is 16.7 Å². The number of rotatable bonds is 6. The van der Waals surface area contributed by atoms with E-state index in [1.54, 1.807) is 11.3 Å². The Morgan fingerprint density at radius 1 is 1.17 bits per heavy atom. The predicted molar refractivity (Wildman–Crippen MR) is 115 cm³/mol. The fourth-order valence-corrected chi connectivity index (χ4v) is 6.42. The highest BCUT2D eigenvalue weighted by Crippen LogP contribution is 2.37. The van der Waals surface area contributed by atoms with Crippen LogP contribution in [0.5, 0.6) is 0 Å². The Kier molecular flexibility index (Phi) is 6.21. The van der Waals surface area contributed by atoms with Crippen molar-refractivity contribution in [3.05, 3.63) is 52.2 Å². The van der Waals surface area contributed by atoms with E-state index in [0.717, 1.165) is 22.0 Å². The molecule has 1 saturated carbocycles. The maximum absolute atomic E-state index is 12.9. The van der Waals surface area contributed by atoms with Gasteiger partial charge >= 0.3 is 0 Å². The van der Waals surface area contributed by atoms with Crippen molar-refractivity contribution < 1.29 is 18.0 Å². The van der Waals surface area contributed by atoms with Gasteiger partial charge in [0.05, 0.1) is 17.5 Å². The number of thiophene rings is 1. The molecule has 160 valence electrons. The maximum Gasteiger partial charge on any atom is 0.251 e. The standard InChI is InChI=1S/C21H25N3O4S2/c25-19-14-24(12-11-22-19)30(27,28)17-9-7-16(8-10-17)21(26)23-20(15-4-1-2-5-15)18-6-3-13-29-18/h3,6-10,13,15,20H,1-2,4-5,11-12,14H2,(H,22,25)(H,23,26)/t20-/m1/s1. The van der Waals surface area contributed by atoms with Gasteiger partial charge in [-0.1, -0.05) is 18.9 Å². The summed E-state index contributed by atoms with van der Waals surface area (Å²) in [5.74, 6) is -0.0912. The minimum absolute atomic E-state index is 0.0183. The minimum atomic E-state index is -3.77. The molecular formula is C21H25N3O4S2. The first-order chi connectivity index (χ1) is 14.4. The quantitative estimate of drug-likeness (QED) is 0.711. The van der Waals surface area contributed by atoms with Crippen molar-refractivity contribution in [2.45, 2.75) is 36.6 Å². The molecule has 30 heavy (non-hydrogen) atoms. The van der Waals surface area contributed by atoms with E-state index in [0.29, 0.717) is 18.0 Å². The highest BCUT2D eigenvalue weighted by atomic mass is 32.2. The van der Waals surface area contributed by atoms with Crippen LogP contribution in [0.1, 0.15) is 47.0 Å². The Labute approximate surface area is 180 Å². The zero-order valence-electron chi connectivity index (χ0n) is 16.5. The fraction of sp³-hybridized carbons (Fsp3) is 0.429. The van der Waals surface area contributed by atoms with Gasteiger partial charge in [0, 0.05) is 23.5 Å². The molecule has 0 bridgehead atoms. The number of piperazine rings is 1. The van der Waals surface area contributed by atoms with Crippen LogP contribution < -0.4 is 10.6 Å². The topological polar surface area (TPSA) is 95.6 Å². The molecule has 1 atom stereocenters. The van der Waals surface area contributed by atoms with Crippen LogP contribution in [-0.4, -0.2) is 44.2 Å². The molecule has 1 aromatic heterocycles. The van der Waals surface area contributed by atoms with E-state index in [1.807, 2.05) is 11.4 Å². The van der Waals surface area contributed by atoms with Crippen molar-refractivity contribution >= 4 is 33.2 Å². The fourth-order valence-electron chi connectivity index (χ4n) is 4.15. The second-order valence-electron chi connectivity index (χ2n) is 7.72. The lowest BCUT2D eigenvalue weighted by Crippen LogP contribution is -2.49. The van der Waals surface area contributed by atoms with Crippen molar-refractivity contribution in [3.63, 3.8) is 0 Å². The molecule has 2 aromatic rings. The van der Waals surface area contributed by atoms with Crippen molar-refractivity contribution in [2.75, 3.05) is 19.6 Å². The number of nitrogens with one attached hydrogen (secondary N) is 2. The largest absolute Gasteiger partial charge is 0.354 e. The lowest BCUT2D eigenvalue weighted by atomic mass is 9.96. The first-order valence-corrected chi connectivity index (χ1v) is 12.5. The van der Waals surface area contributed by atoms with Crippen LogP contribution in [0.3, 0.4) is 0 Å². The Balaban J connectivity index is 1.49. The lowest BCUT2D eigenvalue weighted by molar-refractivity contribution is -0.122. The maximum atomic E-state index is 12.9. The number of benzene rings is 1. The summed E-state index contributed by atoms with van der Waals surface area (Å²) in [5.41, 5.74) is 0.421. The molecule has 4 rings (SSSR count).